The molecule has 0 unspecified atom stereocenters. The van der Waals surface area contributed by atoms with Gasteiger partial charge in [-0.15, -0.1) is 11.3 Å². The van der Waals surface area contributed by atoms with Crippen LogP contribution in [0.25, 0.3) is 64.7 Å². The Hall–Kier alpha value is -7.00. The Morgan fingerprint density at radius 1 is 0.351 bits per heavy atom. The molecule has 9 aromatic carbocycles. The van der Waals surface area contributed by atoms with Crippen molar-refractivity contribution in [2.45, 2.75) is 5.41 Å². The Kier molecular flexibility index (Phi) is 7.08. The summed E-state index contributed by atoms with van der Waals surface area (Å²) < 4.78 is 2.59. The van der Waals surface area contributed by atoms with Gasteiger partial charge in [-0.1, -0.05) is 176 Å². The maximum atomic E-state index is 2.44. The highest BCUT2D eigenvalue weighted by molar-refractivity contribution is 7.26. The summed E-state index contributed by atoms with van der Waals surface area (Å²) in [4.78, 5) is 2.44. The SMILES string of the molecule is c1ccc(-c2ccc(N(c3ccc(-c4ccccc4)cc3)c3cccc4c3sc3ccc5c(c34)-c3ccccc3C53c4ccccc4-c4ccccc43)cc2)cc1. The van der Waals surface area contributed by atoms with E-state index in [0.717, 1.165) is 11.4 Å². The van der Waals surface area contributed by atoms with Crippen molar-refractivity contribution in [2.75, 3.05) is 4.90 Å². The fourth-order valence-corrected chi connectivity index (χ4v) is 11.1. The molecule has 0 N–H and O–H groups in total. The number of hydrogen-bond acceptors (Lipinski definition) is 2. The summed E-state index contributed by atoms with van der Waals surface area (Å²) >= 11 is 1.91. The first-order chi connectivity index (χ1) is 28.3. The predicted octanol–water partition coefficient (Wildman–Crippen LogP) is 15.2. The Morgan fingerprint density at radius 3 is 1.39 bits per heavy atom. The third-order valence-electron chi connectivity index (χ3n) is 12.3. The van der Waals surface area contributed by atoms with Crippen molar-refractivity contribution in [3.8, 4) is 44.5 Å². The van der Waals surface area contributed by atoms with Crippen LogP contribution in [0.3, 0.4) is 0 Å². The first kappa shape index (κ1) is 32.3. The highest BCUT2D eigenvalue weighted by Gasteiger charge is 2.52. The van der Waals surface area contributed by atoms with Gasteiger partial charge in [0.15, 0.2) is 0 Å². The van der Waals surface area contributed by atoms with Crippen LogP contribution in [-0.4, -0.2) is 0 Å². The molecule has 1 heterocycles. The van der Waals surface area contributed by atoms with E-state index in [4.69, 9.17) is 0 Å². The fraction of sp³-hybridized carbons (Fsp3) is 0.0182. The summed E-state index contributed by atoms with van der Waals surface area (Å²) in [5.74, 6) is 0. The van der Waals surface area contributed by atoms with E-state index in [0.29, 0.717) is 0 Å². The second kappa shape index (κ2) is 12.5. The monoisotopic (exact) mass is 741 g/mol. The third-order valence-corrected chi connectivity index (χ3v) is 13.5. The van der Waals surface area contributed by atoms with E-state index in [9.17, 15) is 0 Å². The normalized spacial score (nSPS) is 13.1. The van der Waals surface area contributed by atoms with Crippen LogP contribution in [0, 0.1) is 0 Å². The van der Waals surface area contributed by atoms with E-state index in [1.807, 2.05) is 11.3 Å². The van der Waals surface area contributed by atoms with Crippen LogP contribution in [0.1, 0.15) is 22.3 Å². The first-order valence-corrected chi connectivity index (χ1v) is 20.5. The summed E-state index contributed by atoms with van der Waals surface area (Å²) in [5.41, 5.74) is 18.8. The number of benzene rings is 9. The molecule has 0 atom stereocenters. The Bertz CT molecular complexity index is 3030. The van der Waals surface area contributed by atoms with E-state index >= 15 is 0 Å². The smallest absolute Gasteiger partial charge is 0.0725 e. The van der Waals surface area contributed by atoms with Crippen LogP contribution >= 0.6 is 11.3 Å². The van der Waals surface area contributed by atoms with Crippen LogP contribution in [0.15, 0.2) is 212 Å². The topological polar surface area (TPSA) is 3.24 Å². The van der Waals surface area contributed by atoms with Crippen LogP contribution in [-0.2, 0) is 5.41 Å². The summed E-state index contributed by atoms with van der Waals surface area (Å²) in [7, 11) is 0. The minimum absolute atomic E-state index is 0.369. The van der Waals surface area contributed by atoms with E-state index < -0.39 is 0 Å². The average molecular weight is 742 g/mol. The minimum atomic E-state index is -0.369. The van der Waals surface area contributed by atoms with Gasteiger partial charge in [-0.2, -0.15) is 0 Å². The van der Waals surface area contributed by atoms with Gasteiger partial charge in [0.2, 0.25) is 0 Å². The van der Waals surface area contributed by atoms with Crippen LogP contribution in [0.4, 0.5) is 17.1 Å². The van der Waals surface area contributed by atoms with E-state index in [2.05, 4.69) is 217 Å². The van der Waals surface area contributed by atoms with Crippen molar-refractivity contribution in [3.05, 3.63) is 235 Å². The molecule has 2 aliphatic rings. The average Bonchev–Trinajstić information content (AvgIpc) is 3.92. The van der Waals surface area contributed by atoms with Crippen molar-refractivity contribution in [3.63, 3.8) is 0 Å². The molecule has 0 saturated heterocycles. The third kappa shape index (κ3) is 4.62. The molecule has 1 aromatic heterocycles. The number of rotatable bonds is 5. The van der Waals surface area contributed by atoms with Crippen molar-refractivity contribution in [2.24, 2.45) is 0 Å². The minimum Gasteiger partial charge on any atom is -0.309 e. The molecule has 12 rings (SSSR count). The molecular formula is C55H35NS. The van der Waals surface area contributed by atoms with Gasteiger partial charge in [0.25, 0.3) is 0 Å². The lowest BCUT2D eigenvalue weighted by molar-refractivity contribution is 0.794. The predicted molar refractivity (Wildman–Crippen MR) is 241 cm³/mol. The van der Waals surface area contributed by atoms with Crippen LogP contribution in [0.2, 0.25) is 0 Å². The zero-order chi connectivity index (χ0) is 37.5. The number of fused-ring (bicyclic) bond motifs is 14. The van der Waals surface area contributed by atoms with E-state index in [-0.39, 0.29) is 5.41 Å². The largest absolute Gasteiger partial charge is 0.309 e. The molecule has 10 aromatic rings. The van der Waals surface area contributed by atoms with Crippen LogP contribution in [0.5, 0.6) is 0 Å². The maximum absolute atomic E-state index is 2.44. The molecule has 1 nitrogen and oxygen atoms in total. The number of hydrogen-bond donors (Lipinski definition) is 0. The molecular weight excluding hydrogens is 707 g/mol. The molecule has 0 fully saturated rings. The zero-order valence-electron chi connectivity index (χ0n) is 31.1. The van der Waals surface area contributed by atoms with Gasteiger partial charge in [-0.25, -0.2) is 0 Å². The zero-order valence-corrected chi connectivity index (χ0v) is 31.9. The Balaban J connectivity index is 1.09. The van der Waals surface area contributed by atoms with Gasteiger partial charge >= 0.3 is 0 Å². The van der Waals surface area contributed by atoms with Crippen molar-refractivity contribution in [1.82, 2.24) is 0 Å². The molecule has 2 heteroatoms. The number of thiophene rings is 1. The van der Waals surface area contributed by atoms with Gasteiger partial charge in [-0.05, 0) is 103 Å². The second-order valence-electron chi connectivity index (χ2n) is 15.2. The molecule has 266 valence electrons. The summed E-state index contributed by atoms with van der Waals surface area (Å²) in [6, 6.07) is 78.4. The second-order valence-corrected chi connectivity index (χ2v) is 16.2. The van der Waals surface area contributed by atoms with Crippen molar-refractivity contribution >= 4 is 48.6 Å². The molecule has 0 amide bonds. The van der Waals surface area contributed by atoms with Crippen molar-refractivity contribution < 1.29 is 0 Å². The van der Waals surface area contributed by atoms with Crippen molar-refractivity contribution in [1.29, 1.82) is 0 Å². The van der Waals surface area contributed by atoms with Gasteiger partial charge in [-0.3, -0.25) is 0 Å². The molecule has 0 aliphatic heterocycles. The molecule has 2 aliphatic carbocycles. The highest BCUT2D eigenvalue weighted by atomic mass is 32.1. The van der Waals surface area contributed by atoms with Gasteiger partial charge in [0.05, 0.1) is 15.8 Å². The Morgan fingerprint density at radius 2 is 0.825 bits per heavy atom. The molecule has 0 saturated carbocycles. The summed E-state index contributed by atoms with van der Waals surface area (Å²) in [6.45, 7) is 0. The van der Waals surface area contributed by atoms with Gasteiger partial charge < -0.3 is 4.90 Å². The molecule has 0 radical (unpaired) electrons. The highest BCUT2D eigenvalue weighted by Crippen LogP contribution is 2.64. The lowest BCUT2D eigenvalue weighted by Gasteiger charge is -2.30. The molecule has 1 spiro atoms. The lowest BCUT2D eigenvalue weighted by Crippen LogP contribution is -2.25. The summed E-state index contributed by atoms with van der Waals surface area (Å²) in [5, 5.41) is 2.64. The van der Waals surface area contributed by atoms with Gasteiger partial charge in [0, 0.05) is 26.8 Å². The quantitative estimate of drug-likeness (QED) is 0.170. The van der Waals surface area contributed by atoms with Crippen LogP contribution < -0.4 is 4.90 Å². The van der Waals surface area contributed by atoms with Gasteiger partial charge in [0.1, 0.15) is 0 Å². The molecule has 0 bridgehead atoms. The first-order valence-electron chi connectivity index (χ1n) is 19.7. The molecule has 57 heavy (non-hydrogen) atoms. The standard InChI is InChI=1S/C55H35NS/c1-3-14-36(15-4-1)38-26-30-40(31-27-38)56(41-32-28-39(29-33-41)37-16-5-2-6-17-37)50-25-13-21-45-53-51(57-54(45)50)35-34-49-52(53)44-20-9-12-24-48(44)55(49)46-22-10-7-18-42(46)43-19-8-11-23-47(43)55/h1-35H. The fourth-order valence-electron chi connectivity index (χ4n) is 9.93. The maximum Gasteiger partial charge on any atom is 0.0725 e. The lowest BCUT2D eigenvalue weighted by atomic mass is 9.70. The van der Waals surface area contributed by atoms with E-state index in [1.165, 1.54) is 92.6 Å². The van der Waals surface area contributed by atoms with E-state index in [1.54, 1.807) is 0 Å². The Labute approximate surface area is 336 Å². The summed E-state index contributed by atoms with van der Waals surface area (Å²) in [6.07, 6.45) is 0. The number of anilines is 3. The number of nitrogens with zero attached hydrogens (tertiary/aromatic N) is 1.